The third-order valence-corrected chi connectivity index (χ3v) is 6.08. The van der Waals surface area contributed by atoms with Crippen molar-refractivity contribution < 1.29 is 4.79 Å². The number of carbonyl (C=O) groups is 1. The summed E-state index contributed by atoms with van der Waals surface area (Å²) in [6, 6.07) is 21.7. The van der Waals surface area contributed by atoms with E-state index in [0.29, 0.717) is 16.6 Å². The van der Waals surface area contributed by atoms with Gasteiger partial charge in [0.05, 0.1) is 11.3 Å². The number of amides is 1. The van der Waals surface area contributed by atoms with Gasteiger partial charge in [-0.1, -0.05) is 29.8 Å². The van der Waals surface area contributed by atoms with Crippen LogP contribution in [0.1, 0.15) is 22.8 Å². The Bertz CT molecular complexity index is 1070. The van der Waals surface area contributed by atoms with Gasteiger partial charge in [0, 0.05) is 47.8 Å². The molecule has 3 N–H and O–H groups in total. The Kier molecular flexibility index (Phi) is 6.44. The number of piperazine rings is 1. The first kappa shape index (κ1) is 21.2. The van der Waals surface area contributed by atoms with Crippen LogP contribution in [-0.2, 0) is 0 Å². The van der Waals surface area contributed by atoms with Gasteiger partial charge in [-0.05, 0) is 67.9 Å². The highest BCUT2D eigenvalue weighted by molar-refractivity contribution is 6.31. The molecule has 1 heterocycles. The first-order valence-corrected chi connectivity index (χ1v) is 10.9. The minimum Gasteiger partial charge on any atom is -0.366 e. The summed E-state index contributed by atoms with van der Waals surface area (Å²) in [5.41, 5.74) is 5.06. The molecule has 0 saturated carbocycles. The molecule has 6 heteroatoms. The van der Waals surface area contributed by atoms with Crippen molar-refractivity contribution in [2.24, 2.45) is 0 Å². The Morgan fingerprint density at radius 1 is 1.03 bits per heavy atom. The van der Waals surface area contributed by atoms with Crippen LogP contribution in [0.3, 0.4) is 0 Å². The molecule has 1 amide bonds. The summed E-state index contributed by atoms with van der Waals surface area (Å²) < 4.78 is 0. The van der Waals surface area contributed by atoms with Crippen LogP contribution in [0, 0.1) is 6.92 Å². The minimum atomic E-state index is -0.161. The summed E-state index contributed by atoms with van der Waals surface area (Å²) in [6.07, 6.45) is 0. The second kappa shape index (κ2) is 9.41. The van der Waals surface area contributed by atoms with E-state index in [-0.39, 0.29) is 5.91 Å². The van der Waals surface area contributed by atoms with E-state index in [1.54, 1.807) is 0 Å². The summed E-state index contributed by atoms with van der Waals surface area (Å²) in [5.74, 6) is -0.161. The largest absolute Gasteiger partial charge is 0.366 e. The molecule has 3 aromatic rings. The zero-order chi connectivity index (χ0) is 21.8. The van der Waals surface area contributed by atoms with Crippen LogP contribution in [-0.4, -0.2) is 31.6 Å². The third-order valence-electron chi connectivity index (χ3n) is 5.67. The predicted molar refractivity (Wildman–Crippen MR) is 130 cm³/mol. The molecule has 31 heavy (non-hydrogen) atoms. The Labute approximate surface area is 188 Å². The predicted octanol–water partition coefficient (Wildman–Crippen LogP) is 5.44. The highest BCUT2D eigenvalue weighted by atomic mass is 35.5. The fourth-order valence-corrected chi connectivity index (χ4v) is 4.01. The number of benzene rings is 3. The van der Waals surface area contributed by atoms with Gasteiger partial charge in [-0.2, -0.15) is 0 Å². The number of hydrogen-bond donors (Lipinski definition) is 3. The van der Waals surface area contributed by atoms with Crippen LogP contribution in [0.15, 0.2) is 66.7 Å². The van der Waals surface area contributed by atoms with E-state index in [0.717, 1.165) is 42.3 Å². The lowest BCUT2D eigenvalue weighted by Crippen LogP contribution is -2.49. The molecule has 1 fully saturated rings. The standard InChI is InChI=1S/C25H27ClN4O/c1-17-16-27-14-15-30(17)20-12-10-19(11-13-20)28-25(31)21-6-3-4-8-24(21)29-23-9-5-7-22(26)18(23)2/h3-13,17,27,29H,14-16H2,1-2H3,(H,28,31)/t17-/m0/s1. The van der Waals surface area contributed by atoms with Gasteiger partial charge in [-0.3, -0.25) is 4.79 Å². The zero-order valence-corrected chi connectivity index (χ0v) is 18.5. The monoisotopic (exact) mass is 434 g/mol. The maximum atomic E-state index is 13.0. The molecule has 0 radical (unpaired) electrons. The maximum absolute atomic E-state index is 13.0. The number of anilines is 4. The van der Waals surface area contributed by atoms with Gasteiger partial charge in [0.15, 0.2) is 0 Å². The Morgan fingerprint density at radius 3 is 2.55 bits per heavy atom. The molecule has 5 nitrogen and oxygen atoms in total. The van der Waals surface area contributed by atoms with Crippen LogP contribution in [0.2, 0.25) is 5.02 Å². The molecule has 1 aliphatic heterocycles. The lowest BCUT2D eigenvalue weighted by molar-refractivity contribution is 0.102. The van der Waals surface area contributed by atoms with Crippen LogP contribution in [0.4, 0.5) is 22.7 Å². The molecule has 0 spiro atoms. The van der Waals surface area contributed by atoms with Gasteiger partial charge in [0.25, 0.3) is 5.91 Å². The molecular formula is C25H27ClN4O. The average molecular weight is 435 g/mol. The lowest BCUT2D eigenvalue weighted by atomic mass is 10.1. The third kappa shape index (κ3) is 4.84. The first-order chi connectivity index (χ1) is 15.0. The van der Waals surface area contributed by atoms with Crippen molar-refractivity contribution in [2.45, 2.75) is 19.9 Å². The van der Waals surface area contributed by atoms with Crippen molar-refractivity contribution in [2.75, 3.05) is 35.2 Å². The smallest absolute Gasteiger partial charge is 0.257 e. The van der Waals surface area contributed by atoms with Crippen molar-refractivity contribution in [3.8, 4) is 0 Å². The Hall–Kier alpha value is -3.02. The molecular weight excluding hydrogens is 408 g/mol. The highest BCUT2D eigenvalue weighted by Gasteiger charge is 2.18. The quantitative estimate of drug-likeness (QED) is 0.500. The average Bonchev–Trinajstić information content (AvgIpc) is 2.78. The van der Waals surface area contributed by atoms with Gasteiger partial charge >= 0.3 is 0 Å². The fourth-order valence-electron chi connectivity index (χ4n) is 3.84. The number of halogens is 1. The zero-order valence-electron chi connectivity index (χ0n) is 17.8. The maximum Gasteiger partial charge on any atom is 0.257 e. The summed E-state index contributed by atoms with van der Waals surface area (Å²) in [4.78, 5) is 15.4. The second-order valence-electron chi connectivity index (χ2n) is 7.83. The van der Waals surface area contributed by atoms with Crippen LogP contribution in [0.25, 0.3) is 0 Å². The van der Waals surface area contributed by atoms with Gasteiger partial charge in [0.1, 0.15) is 0 Å². The number of carbonyl (C=O) groups excluding carboxylic acids is 1. The topological polar surface area (TPSA) is 56.4 Å². The Balaban J connectivity index is 1.49. The van der Waals surface area contributed by atoms with Crippen molar-refractivity contribution in [3.05, 3.63) is 82.9 Å². The molecule has 1 saturated heterocycles. The highest BCUT2D eigenvalue weighted by Crippen LogP contribution is 2.28. The number of nitrogens with one attached hydrogen (secondary N) is 3. The first-order valence-electron chi connectivity index (χ1n) is 10.5. The van der Waals surface area contributed by atoms with Crippen molar-refractivity contribution in [1.82, 2.24) is 5.32 Å². The molecule has 4 rings (SSSR count). The summed E-state index contributed by atoms with van der Waals surface area (Å²) in [5, 5.41) is 10.5. The molecule has 0 aliphatic carbocycles. The number of rotatable bonds is 5. The van der Waals surface area contributed by atoms with E-state index in [1.807, 2.05) is 61.5 Å². The summed E-state index contributed by atoms with van der Waals surface area (Å²) >= 11 is 6.24. The molecule has 0 aromatic heterocycles. The SMILES string of the molecule is Cc1c(Cl)cccc1Nc1ccccc1C(=O)Nc1ccc(N2CCNC[C@@H]2C)cc1. The van der Waals surface area contributed by atoms with Gasteiger partial charge in [-0.15, -0.1) is 0 Å². The van der Waals surface area contributed by atoms with E-state index < -0.39 is 0 Å². The van der Waals surface area contributed by atoms with Crippen LogP contribution >= 0.6 is 11.6 Å². The number of para-hydroxylation sites is 1. The van der Waals surface area contributed by atoms with Gasteiger partial charge < -0.3 is 20.9 Å². The number of nitrogens with zero attached hydrogens (tertiary/aromatic N) is 1. The second-order valence-corrected chi connectivity index (χ2v) is 8.24. The fraction of sp³-hybridized carbons (Fsp3) is 0.240. The Morgan fingerprint density at radius 2 is 1.77 bits per heavy atom. The van der Waals surface area contributed by atoms with Gasteiger partial charge in [0.2, 0.25) is 0 Å². The molecule has 0 unspecified atom stereocenters. The van der Waals surface area contributed by atoms with Crippen LogP contribution < -0.4 is 20.9 Å². The number of hydrogen-bond acceptors (Lipinski definition) is 4. The van der Waals surface area contributed by atoms with Crippen molar-refractivity contribution in [3.63, 3.8) is 0 Å². The van der Waals surface area contributed by atoms with E-state index >= 15 is 0 Å². The molecule has 1 aliphatic rings. The van der Waals surface area contributed by atoms with E-state index in [9.17, 15) is 4.79 Å². The van der Waals surface area contributed by atoms with Gasteiger partial charge in [-0.25, -0.2) is 0 Å². The normalized spacial score (nSPS) is 16.1. The van der Waals surface area contributed by atoms with Crippen LogP contribution in [0.5, 0.6) is 0 Å². The van der Waals surface area contributed by atoms with Crippen molar-refractivity contribution >= 4 is 40.3 Å². The van der Waals surface area contributed by atoms with E-state index in [1.165, 1.54) is 5.69 Å². The molecule has 0 bridgehead atoms. The summed E-state index contributed by atoms with van der Waals surface area (Å²) in [6.45, 7) is 7.11. The summed E-state index contributed by atoms with van der Waals surface area (Å²) in [7, 11) is 0. The minimum absolute atomic E-state index is 0.161. The van der Waals surface area contributed by atoms with E-state index in [4.69, 9.17) is 11.6 Å². The lowest BCUT2D eigenvalue weighted by Gasteiger charge is -2.36. The molecule has 160 valence electrons. The van der Waals surface area contributed by atoms with Crippen molar-refractivity contribution in [1.29, 1.82) is 0 Å². The molecule has 3 aromatic carbocycles. The molecule has 1 atom stereocenters. The van der Waals surface area contributed by atoms with E-state index in [2.05, 4.69) is 39.9 Å².